The van der Waals surface area contributed by atoms with E-state index in [4.69, 9.17) is 4.74 Å². The van der Waals surface area contributed by atoms with Gasteiger partial charge in [0.1, 0.15) is 0 Å². The zero-order chi connectivity index (χ0) is 10.3. The summed E-state index contributed by atoms with van der Waals surface area (Å²) in [5.41, 5.74) is 2.83. The highest BCUT2D eigenvalue weighted by Gasteiger charge is 2.23. The number of hydrogen-bond donors (Lipinski definition) is 0. The molecule has 0 saturated carbocycles. The first kappa shape index (κ1) is 8.93. The predicted octanol–water partition coefficient (Wildman–Crippen LogP) is 3.09. The third kappa shape index (κ3) is 1.64. The Hall–Kier alpha value is -1.34. The van der Waals surface area contributed by atoms with Gasteiger partial charge in [0.25, 0.3) is 0 Å². The summed E-state index contributed by atoms with van der Waals surface area (Å²) in [5, 5.41) is 2.70. The van der Waals surface area contributed by atoms with Crippen LogP contribution in [0.15, 0.2) is 36.4 Å². The third-order valence-corrected chi connectivity index (χ3v) is 3.16. The van der Waals surface area contributed by atoms with Gasteiger partial charge >= 0.3 is 0 Å². The molecule has 1 nitrogen and oxygen atoms in total. The molecular formula is C14H14O. The van der Waals surface area contributed by atoms with Crippen molar-refractivity contribution in [2.45, 2.75) is 19.4 Å². The van der Waals surface area contributed by atoms with Crippen molar-refractivity contribution in [1.82, 2.24) is 0 Å². The molecule has 0 aromatic heterocycles. The Morgan fingerprint density at radius 2 is 2.00 bits per heavy atom. The van der Waals surface area contributed by atoms with Crippen molar-refractivity contribution >= 4 is 10.8 Å². The molecule has 1 atom stereocenters. The molecule has 2 aromatic rings. The lowest BCUT2D eigenvalue weighted by atomic mass is 9.97. The Labute approximate surface area is 89.7 Å². The van der Waals surface area contributed by atoms with Crippen LogP contribution >= 0.6 is 0 Å². The minimum atomic E-state index is 0.477. The number of fused-ring (bicyclic) bond motifs is 1. The molecule has 1 aliphatic rings. The maximum Gasteiger partial charge on any atom is 0.0850 e. The number of epoxide rings is 1. The summed E-state index contributed by atoms with van der Waals surface area (Å²) in [6.07, 6.45) is 1.54. The smallest absolute Gasteiger partial charge is 0.0850 e. The zero-order valence-electron chi connectivity index (χ0n) is 8.86. The van der Waals surface area contributed by atoms with Gasteiger partial charge in [0.2, 0.25) is 0 Å². The first-order valence-electron chi connectivity index (χ1n) is 5.43. The summed E-state index contributed by atoms with van der Waals surface area (Å²) in [6.45, 7) is 3.15. The summed E-state index contributed by atoms with van der Waals surface area (Å²) < 4.78 is 5.28. The highest BCUT2D eigenvalue weighted by atomic mass is 16.6. The van der Waals surface area contributed by atoms with Gasteiger partial charge in [-0.05, 0) is 28.8 Å². The third-order valence-electron chi connectivity index (χ3n) is 3.16. The largest absolute Gasteiger partial charge is 0.373 e. The van der Waals surface area contributed by atoms with E-state index in [9.17, 15) is 0 Å². The van der Waals surface area contributed by atoms with Gasteiger partial charge in [0, 0.05) is 6.42 Å². The van der Waals surface area contributed by atoms with Gasteiger partial charge in [-0.15, -0.1) is 0 Å². The van der Waals surface area contributed by atoms with Crippen molar-refractivity contribution < 1.29 is 4.74 Å². The molecule has 0 amide bonds. The molecule has 1 fully saturated rings. The molecule has 76 valence electrons. The number of aryl methyl sites for hydroxylation is 1. The van der Waals surface area contributed by atoms with Gasteiger partial charge in [-0.2, -0.15) is 0 Å². The van der Waals surface area contributed by atoms with Gasteiger partial charge in [-0.1, -0.05) is 36.4 Å². The lowest BCUT2D eigenvalue weighted by molar-refractivity contribution is 0.407. The number of ether oxygens (including phenoxy) is 1. The van der Waals surface area contributed by atoms with Crippen molar-refractivity contribution in [2.24, 2.45) is 0 Å². The van der Waals surface area contributed by atoms with E-state index in [1.165, 1.54) is 21.9 Å². The summed E-state index contributed by atoms with van der Waals surface area (Å²) in [6, 6.07) is 13.0. The van der Waals surface area contributed by atoms with Crippen molar-refractivity contribution in [3.8, 4) is 0 Å². The molecule has 1 aliphatic heterocycles. The van der Waals surface area contributed by atoms with Gasteiger partial charge in [-0.25, -0.2) is 0 Å². The second kappa shape index (κ2) is 3.35. The van der Waals surface area contributed by atoms with E-state index >= 15 is 0 Å². The number of benzene rings is 2. The van der Waals surface area contributed by atoms with E-state index in [0.29, 0.717) is 6.10 Å². The number of rotatable bonds is 2. The molecule has 0 aliphatic carbocycles. The minimum Gasteiger partial charge on any atom is -0.373 e. The summed E-state index contributed by atoms with van der Waals surface area (Å²) in [5.74, 6) is 0. The summed E-state index contributed by atoms with van der Waals surface area (Å²) in [4.78, 5) is 0. The van der Waals surface area contributed by atoms with E-state index in [1.54, 1.807) is 0 Å². The van der Waals surface area contributed by atoms with E-state index in [0.717, 1.165) is 13.0 Å². The molecule has 0 spiro atoms. The minimum absolute atomic E-state index is 0.477. The van der Waals surface area contributed by atoms with Crippen LogP contribution in [0.5, 0.6) is 0 Å². The standard InChI is InChI=1S/C14H14O/c1-10-12(8-13-9-15-13)7-6-11-4-2-3-5-14(10)11/h2-7,13H,8-9H2,1H3. The summed E-state index contributed by atoms with van der Waals surface area (Å²) in [7, 11) is 0. The maximum absolute atomic E-state index is 5.28. The van der Waals surface area contributed by atoms with Crippen LogP contribution in [-0.2, 0) is 11.2 Å². The molecule has 15 heavy (non-hydrogen) atoms. The zero-order valence-corrected chi connectivity index (χ0v) is 8.86. The van der Waals surface area contributed by atoms with E-state index < -0.39 is 0 Å². The summed E-state index contributed by atoms with van der Waals surface area (Å²) >= 11 is 0. The van der Waals surface area contributed by atoms with Crippen LogP contribution in [0.4, 0.5) is 0 Å². The Morgan fingerprint density at radius 1 is 1.20 bits per heavy atom. The van der Waals surface area contributed by atoms with Gasteiger partial charge in [0.15, 0.2) is 0 Å². The van der Waals surface area contributed by atoms with Crippen LogP contribution in [0.2, 0.25) is 0 Å². The van der Waals surface area contributed by atoms with Crippen molar-refractivity contribution in [3.63, 3.8) is 0 Å². The lowest BCUT2D eigenvalue weighted by Crippen LogP contribution is -1.96. The molecule has 3 rings (SSSR count). The fraction of sp³-hybridized carbons (Fsp3) is 0.286. The SMILES string of the molecule is Cc1c(CC2CO2)ccc2ccccc12. The maximum atomic E-state index is 5.28. The quantitative estimate of drug-likeness (QED) is 0.675. The first-order valence-corrected chi connectivity index (χ1v) is 5.43. The molecule has 1 heteroatoms. The van der Waals surface area contributed by atoms with Crippen LogP contribution < -0.4 is 0 Å². The van der Waals surface area contributed by atoms with Crippen LogP contribution in [0, 0.1) is 6.92 Å². The monoisotopic (exact) mass is 198 g/mol. The van der Waals surface area contributed by atoms with Gasteiger partial charge in [0.05, 0.1) is 12.7 Å². The molecule has 0 bridgehead atoms. The molecule has 1 unspecified atom stereocenters. The van der Waals surface area contributed by atoms with E-state index in [-0.39, 0.29) is 0 Å². The average molecular weight is 198 g/mol. The van der Waals surface area contributed by atoms with Crippen LogP contribution in [0.25, 0.3) is 10.8 Å². The first-order chi connectivity index (χ1) is 7.34. The van der Waals surface area contributed by atoms with Gasteiger partial charge < -0.3 is 4.74 Å². The van der Waals surface area contributed by atoms with Crippen molar-refractivity contribution in [3.05, 3.63) is 47.5 Å². The Bertz CT molecular complexity index is 498. The molecular weight excluding hydrogens is 184 g/mol. The molecule has 0 radical (unpaired) electrons. The Balaban J connectivity index is 2.11. The van der Waals surface area contributed by atoms with Gasteiger partial charge in [-0.3, -0.25) is 0 Å². The molecule has 1 heterocycles. The van der Waals surface area contributed by atoms with E-state index in [1.807, 2.05) is 0 Å². The second-order valence-corrected chi connectivity index (χ2v) is 4.23. The second-order valence-electron chi connectivity index (χ2n) is 4.23. The lowest BCUT2D eigenvalue weighted by Gasteiger charge is -2.07. The highest BCUT2D eigenvalue weighted by Crippen LogP contribution is 2.25. The Morgan fingerprint density at radius 3 is 2.80 bits per heavy atom. The Kier molecular flexibility index (Phi) is 2.00. The van der Waals surface area contributed by atoms with Crippen LogP contribution in [0.3, 0.4) is 0 Å². The number of hydrogen-bond acceptors (Lipinski definition) is 1. The van der Waals surface area contributed by atoms with Crippen molar-refractivity contribution in [1.29, 1.82) is 0 Å². The highest BCUT2D eigenvalue weighted by molar-refractivity contribution is 5.86. The molecule has 0 N–H and O–H groups in total. The molecule has 2 aromatic carbocycles. The van der Waals surface area contributed by atoms with E-state index in [2.05, 4.69) is 43.3 Å². The average Bonchev–Trinajstić information content (AvgIpc) is 3.07. The van der Waals surface area contributed by atoms with Crippen LogP contribution in [-0.4, -0.2) is 12.7 Å². The fourth-order valence-corrected chi connectivity index (χ4v) is 2.12. The normalized spacial score (nSPS) is 19.4. The van der Waals surface area contributed by atoms with Crippen molar-refractivity contribution in [2.75, 3.05) is 6.61 Å². The van der Waals surface area contributed by atoms with Crippen LogP contribution in [0.1, 0.15) is 11.1 Å². The predicted molar refractivity (Wildman–Crippen MR) is 62.1 cm³/mol. The fourth-order valence-electron chi connectivity index (χ4n) is 2.12. The topological polar surface area (TPSA) is 12.5 Å². The molecule has 1 saturated heterocycles.